The zero-order valence-electron chi connectivity index (χ0n) is 14.4. The molecule has 3 rings (SSSR count). The summed E-state index contributed by atoms with van der Waals surface area (Å²) in [5.41, 5.74) is 2.85. The molecule has 128 valence electrons. The highest BCUT2D eigenvalue weighted by Gasteiger charge is 2.07. The van der Waals surface area contributed by atoms with Crippen molar-refractivity contribution < 1.29 is 4.79 Å². The Morgan fingerprint density at radius 3 is 2.48 bits per heavy atom. The van der Waals surface area contributed by atoms with Gasteiger partial charge in [-0.25, -0.2) is 9.97 Å². The number of pyridine rings is 1. The Kier molecular flexibility index (Phi) is 5.20. The van der Waals surface area contributed by atoms with E-state index < -0.39 is 0 Å². The fraction of sp³-hybridized carbons (Fsp3) is 0.211. The van der Waals surface area contributed by atoms with E-state index in [2.05, 4.69) is 32.3 Å². The molecular weight excluding hydrogens is 314 g/mol. The average molecular weight is 335 g/mol. The van der Waals surface area contributed by atoms with Gasteiger partial charge in [-0.1, -0.05) is 24.3 Å². The maximum atomic E-state index is 12.3. The largest absolute Gasteiger partial charge is 0.348 e. The molecule has 1 N–H and O–H groups in total. The van der Waals surface area contributed by atoms with Crippen molar-refractivity contribution in [3.63, 3.8) is 0 Å². The summed E-state index contributed by atoms with van der Waals surface area (Å²) in [6, 6.07) is 11.8. The van der Waals surface area contributed by atoms with Crippen molar-refractivity contribution in [3.8, 4) is 5.82 Å². The predicted molar refractivity (Wildman–Crippen MR) is 96.4 cm³/mol. The van der Waals surface area contributed by atoms with Crippen molar-refractivity contribution in [1.29, 1.82) is 0 Å². The van der Waals surface area contributed by atoms with Crippen LogP contribution in [0.3, 0.4) is 0 Å². The molecule has 2 heterocycles. The number of amides is 1. The fourth-order valence-corrected chi connectivity index (χ4v) is 2.48. The van der Waals surface area contributed by atoms with E-state index >= 15 is 0 Å². The minimum absolute atomic E-state index is 0.137. The summed E-state index contributed by atoms with van der Waals surface area (Å²) in [5, 5.41) is 2.92. The normalized spacial score (nSPS) is 10.8. The van der Waals surface area contributed by atoms with Crippen molar-refractivity contribution in [2.75, 3.05) is 14.1 Å². The summed E-state index contributed by atoms with van der Waals surface area (Å²) in [4.78, 5) is 22.6. The Hall–Kier alpha value is -2.99. The zero-order valence-corrected chi connectivity index (χ0v) is 14.4. The van der Waals surface area contributed by atoms with Gasteiger partial charge in [0.1, 0.15) is 12.1 Å². The quantitative estimate of drug-likeness (QED) is 0.750. The molecule has 6 nitrogen and oxygen atoms in total. The van der Waals surface area contributed by atoms with Crippen LogP contribution >= 0.6 is 0 Å². The van der Waals surface area contributed by atoms with Gasteiger partial charge in [0, 0.05) is 31.7 Å². The van der Waals surface area contributed by atoms with E-state index in [0.717, 1.165) is 17.9 Å². The predicted octanol–water partition coefficient (Wildman–Crippen LogP) is 2.26. The van der Waals surface area contributed by atoms with Crippen LogP contribution in [0, 0.1) is 0 Å². The number of carbonyl (C=O) groups is 1. The number of hydrogen-bond donors (Lipinski definition) is 1. The lowest BCUT2D eigenvalue weighted by Gasteiger charge is -2.10. The lowest BCUT2D eigenvalue weighted by atomic mass is 10.1. The van der Waals surface area contributed by atoms with Crippen LogP contribution in [0.1, 0.15) is 21.5 Å². The third-order valence-corrected chi connectivity index (χ3v) is 3.75. The van der Waals surface area contributed by atoms with E-state index in [1.54, 1.807) is 35.4 Å². The Balaban J connectivity index is 1.57. The molecule has 0 saturated carbocycles. The molecule has 0 radical (unpaired) electrons. The van der Waals surface area contributed by atoms with E-state index in [0.29, 0.717) is 12.1 Å². The first-order valence-corrected chi connectivity index (χ1v) is 8.07. The zero-order chi connectivity index (χ0) is 17.6. The number of aromatic nitrogens is 3. The first-order valence-electron chi connectivity index (χ1n) is 8.07. The number of nitrogens with one attached hydrogen (secondary N) is 1. The molecule has 25 heavy (non-hydrogen) atoms. The average Bonchev–Trinajstić information content (AvgIpc) is 3.15. The van der Waals surface area contributed by atoms with E-state index in [4.69, 9.17) is 0 Å². The number of rotatable bonds is 6. The third-order valence-electron chi connectivity index (χ3n) is 3.75. The minimum Gasteiger partial charge on any atom is -0.348 e. The molecule has 6 heteroatoms. The molecule has 3 aromatic rings. The van der Waals surface area contributed by atoms with E-state index in [1.165, 1.54) is 5.56 Å². The minimum atomic E-state index is -0.137. The maximum Gasteiger partial charge on any atom is 0.253 e. The van der Waals surface area contributed by atoms with Gasteiger partial charge in [-0.05, 0) is 37.4 Å². The SMILES string of the molecule is CN(C)Cc1ccc(CNC(=O)c2ccc(-n3ccnc3)nc2)cc1. The van der Waals surface area contributed by atoms with Gasteiger partial charge in [-0.3, -0.25) is 9.36 Å². The maximum absolute atomic E-state index is 12.3. The Labute approximate surface area is 147 Å². The van der Waals surface area contributed by atoms with Crippen molar-refractivity contribution in [3.05, 3.63) is 78.0 Å². The molecule has 1 amide bonds. The molecule has 0 bridgehead atoms. The molecule has 0 aliphatic heterocycles. The monoisotopic (exact) mass is 335 g/mol. The molecule has 0 aliphatic carbocycles. The van der Waals surface area contributed by atoms with Crippen LogP contribution in [0.25, 0.3) is 5.82 Å². The van der Waals surface area contributed by atoms with E-state index in [1.807, 2.05) is 32.4 Å². The summed E-state index contributed by atoms with van der Waals surface area (Å²) in [6.07, 6.45) is 6.74. The van der Waals surface area contributed by atoms with Gasteiger partial charge >= 0.3 is 0 Å². The van der Waals surface area contributed by atoms with E-state index in [-0.39, 0.29) is 5.91 Å². The second-order valence-electron chi connectivity index (χ2n) is 6.11. The third kappa shape index (κ3) is 4.51. The molecule has 0 atom stereocenters. The molecular formula is C19H21N5O. The van der Waals surface area contributed by atoms with Gasteiger partial charge in [0.05, 0.1) is 5.56 Å². The van der Waals surface area contributed by atoms with Crippen LogP contribution in [0.4, 0.5) is 0 Å². The molecule has 1 aromatic carbocycles. The number of hydrogen-bond acceptors (Lipinski definition) is 4. The number of benzene rings is 1. The van der Waals surface area contributed by atoms with Crippen LogP contribution in [-0.2, 0) is 13.1 Å². The first kappa shape index (κ1) is 16.9. The van der Waals surface area contributed by atoms with Gasteiger partial charge < -0.3 is 10.2 Å². The van der Waals surface area contributed by atoms with Crippen LogP contribution in [0.5, 0.6) is 0 Å². The topological polar surface area (TPSA) is 63.1 Å². The van der Waals surface area contributed by atoms with Crippen molar-refractivity contribution >= 4 is 5.91 Å². The fourth-order valence-electron chi connectivity index (χ4n) is 2.48. The molecule has 0 fully saturated rings. The number of nitrogens with zero attached hydrogens (tertiary/aromatic N) is 4. The molecule has 2 aromatic heterocycles. The second kappa shape index (κ2) is 7.72. The summed E-state index contributed by atoms with van der Waals surface area (Å²) in [6.45, 7) is 1.39. The van der Waals surface area contributed by atoms with E-state index in [9.17, 15) is 4.79 Å². The summed E-state index contributed by atoms with van der Waals surface area (Å²) >= 11 is 0. The van der Waals surface area contributed by atoms with Gasteiger partial charge in [0.25, 0.3) is 5.91 Å². The highest BCUT2D eigenvalue weighted by molar-refractivity contribution is 5.93. The lowest BCUT2D eigenvalue weighted by molar-refractivity contribution is 0.0950. The van der Waals surface area contributed by atoms with Crippen LogP contribution in [-0.4, -0.2) is 39.4 Å². The van der Waals surface area contributed by atoms with Crippen molar-refractivity contribution in [1.82, 2.24) is 24.8 Å². The molecule has 0 spiro atoms. The van der Waals surface area contributed by atoms with Gasteiger partial charge in [-0.2, -0.15) is 0 Å². The molecule has 0 aliphatic rings. The highest BCUT2D eigenvalue weighted by atomic mass is 16.1. The molecule has 0 unspecified atom stereocenters. The van der Waals surface area contributed by atoms with Crippen molar-refractivity contribution in [2.24, 2.45) is 0 Å². The number of imidazole rings is 1. The Morgan fingerprint density at radius 2 is 1.88 bits per heavy atom. The van der Waals surface area contributed by atoms with Gasteiger partial charge in [0.15, 0.2) is 0 Å². The van der Waals surface area contributed by atoms with Crippen LogP contribution in [0.2, 0.25) is 0 Å². The van der Waals surface area contributed by atoms with Crippen LogP contribution < -0.4 is 5.32 Å². The Bertz CT molecular complexity index is 808. The number of carbonyl (C=O) groups excluding carboxylic acids is 1. The second-order valence-corrected chi connectivity index (χ2v) is 6.11. The summed E-state index contributed by atoms with van der Waals surface area (Å²) in [5.74, 6) is 0.590. The van der Waals surface area contributed by atoms with Gasteiger partial charge in [-0.15, -0.1) is 0 Å². The summed E-state index contributed by atoms with van der Waals surface area (Å²) in [7, 11) is 4.08. The summed E-state index contributed by atoms with van der Waals surface area (Å²) < 4.78 is 1.79. The molecule has 0 saturated heterocycles. The van der Waals surface area contributed by atoms with Crippen LogP contribution in [0.15, 0.2) is 61.3 Å². The van der Waals surface area contributed by atoms with Crippen molar-refractivity contribution in [2.45, 2.75) is 13.1 Å². The standard InChI is InChI=1S/C19H21N5O/c1-23(2)13-16-5-3-15(4-6-16)11-22-19(25)17-7-8-18(21-12-17)24-10-9-20-14-24/h3-10,12,14H,11,13H2,1-2H3,(H,22,25). The van der Waals surface area contributed by atoms with Gasteiger partial charge in [0.2, 0.25) is 0 Å². The smallest absolute Gasteiger partial charge is 0.253 e. The Morgan fingerprint density at radius 1 is 1.12 bits per heavy atom. The first-order chi connectivity index (χ1) is 12.1. The highest BCUT2D eigenvalue weighted by Crippen LogP contribution is 2.08. The lowest BCUT2D eigenvalue weighted by Crippen LogP contribution is -2.23.